The summed E-state index contributed by atoms with van der Waals surface area (Å²) in [6.07, 6.45) is -4.74. The topological polar surface area (TPSA) is 43.2 Å². The summed E-state index contributed by atoms with van der Waals surface area (Å²) in [5.41, 5.74) is 0. The van der Waals surface area contributed by atoms with Crippen LogP contribution in [0.3, 0.4) is 0 Å². The minimum absolute atomic E-state index is 0.0105. The molecule has 2 atom stereocenters. The number of nitrogens with zero attached hydrogens (tertiary/aromatic N) is 2. The second-order valence-electron chi connectivity index (χ2n) is 5.05. The lowest BCUT2D eigenvalue weighted by Gasteiger charge is -2.27. The number of halogens is 3. The summed E-state index contributed by atoms with van der Waals surface area (Å²) >= 11 is 0. The van der Waals surface area contributed by atoms with E-state index in [1.165, 1.54) is 14.2 Å². The monoisotopic (exact) mass is 294 g/mol. The lowest BCUT2D eigenvalue weighted by atomic mass is 10.0. The van der Waals surface area contributed by atoms with Gasteiger partial charge in [0.15, 0.2) is 0 Å². The van der Waals surface area contributed by atoms with Crippen LogP contribution in [0.1, 0.15) is 33.1 Å². The smallest absolute Gasteiger partial charge is 0.389 e. The molecule has 0 saturated carbocycles. The molecule has 0 N–H and O–H groups in total. The molecule has 0 aromatic rings. The fourth-order valence-corrected chi connectivity index (χ4v) is 2.04. The minimum Gasteiger partial charge on any atom is -0.483 e. The van der Waals surface area contributed by atoms with E-state index < -0.39 is 18.6 Å². The van der Waals surface area contributed by atoms with Crippen LogP contribution in [-0.2, 0) is 9.47 Å². The molecule has 0 aliphatic carbocycles. The zero-order chi connectivity index (χ0) is 15.3. The molecule has 0 bridgehead atoms. The number of aliphatic imine (C=N–C) groups is 2. The highest BCUT2D eigenvalue weighted by molar-refractivity contribution is 5.94. The van der Waals surface area contributed by atoms with Crippen LogP contribution in [0.4, 0.5) is 13.2 Å². The molecule has 1 rings (SSSR count). The van der Waals surface area contributed by atoms with Crippen molar-refractivity contribution < 1.29 is 22.6 Å². The highest BCUT2D eigenvalue weighted by Gasteiger charge is 2.32. The molecule has 0 aromatic carbocycles. The summed E-state index contributed by atoms with van der Waals surface area (Å²) in [4.78, 5) is 8.75. The van der Waals surface area contributed by atoms with Gasteiger partial charge in [-0.05, 0) is 18.8 Å². The van der Waals surface area contributed by atoms with Gasteiger partial charge >= 0.3 is 6.18 Å². The molecular formula is C13H21F3N2O2. The number of rotatable bonds is 4. The average Bonchev–Trinajstić information content (AvgIpc) is 2.36. The maximum Gasteiger partial charge on any atom is 0.389 e. The summed E-state index contributed by atoms with van der Waals surface area (Å²) < 4.78 is 46.9. The van der Waals surface area contributed by atoms with Crippen LogP contribution in [0.5, 0.6) is 0 Å². The van der Waals surface area contributed by atoms with E-state index in [1.54, 1.807) is 0 Å². The first-order chi connectivity index (χ1) is 9.28. The van der Waals surface area contributed by atoms with Crippen molar-refractivity contribution in [3.63, 3.8) is 0 Å². The number of methoxy groups -OCH3 is 2. The molecule has 0 saturated heterocycles. The van der Waals surface area contributed by atoms with Gasteiger partial charge in [-0.15, -0.1) is 0 Å². The van der Waals surface area contributed by atoms with Gasteiger partial charge in [-0.25, -0.2) is 9.98 Å². The second kappa shape index (κ2) is 6.95. The Morgan fingerprint density at radius 1 is 1.10 bits per heavy atom. The number of ether oxygens (including phenoxy) is 2. The molecule has 0 spiro atoms. The Bertz CT molecular complexity index is 378. The van der Waals surface area contributed by atoms with E-state index in [0.29, 0.717) is 11.8 Å². The first-order valence-corrected chi connectivity index (χ1v) is 6.58. The Morgan fingerprint density at radius 2 is 1.70 bits per heavy atom. The second-order valence-corrected chi connectivity index (χ2v) is 5.05. The van der Waals surface area contributed by atoms with Crippen molar-refractivity contribution in [1.82, 2.24) is 0 Å². The standard InChI is InChI=1S/C13H21F3N2O2/c1-8(2)10-12(20-4)17-9(11(18-10)19-3)6-5-7-13(14,15)16/h8-10H,5-7H2,1-4H3/t9-,10+/m1/s1. The van der Waals surface area contributed by atoms with Crippen LogP contribution in [0.25, 0.3) is 0 Å². The fourth-order valence-electron chi connectivity index (χ4n) is 2.04. The molecule has 116 valence electrons. The number of hydrogen-bond acceptors (Lipinski definition) is 4. The first kappa shape index (κ1) is 16.8. The Labute approximate surface area is 117 Å². The Morgan fingerprint density at radius 3 is 2.15 bits per heavy atom. The predicted molar refractivity (Wildman–Crippen MR) is 71.2 cm³/mol. The third kappa shape index (κ3) is 4.68. The summed E-state index contributed by atoms with van der Waals surface area (Å²) in [6.45, 7) is 3.94. The molecule has 0 aromatic heterocycles. The van der Waals surface area contributed by atoms with E-state index in [2.05, 4.69) is 9.98 Å². The Hall–Kier alpha value is -1.27. The highest BCUT2D eigenvalue weighted by atomic mass is 19.4. The van der Waals surface area contributed by atoms with E-state index in [1.807, 2.05) is 13.8 Å². The van der Waals surface area contributed by atoms with Gasteiger partial charge in [0, 0.05) is 6.42 Å². The summed E-state index contributed by atoms with van der Waals surface area (Å²) in [7, 11) is 2.95. The molecule has 4 nitrogen and oxygen atoms in total. The number of alkyl halides is 3. The minimum atomic E-state index is -4.15. The molecule has 20 heavy (non-hydrogen) atoms. The summed E-state index contributed by atoms with van der Waals surface area (Å²) in [6, 6.07) is -0.735. The van der Waals surface area contributed by atoms with Crippen molar-refractivity contribution in [1.29, 1.82) is 0 Å². The SMILES string of the molecule is COC1=N[C@H](CCCC(F)(F)F)C(OC)=N[C@H]1C(C)C. The zero-order valence-corrected chi connectivity index (χ0v) is 12.2. The molecule has 1 aliphatic heterocycles. The maximum atomic E-state index is 12.2. The van der Waals surface area contributed by atoms with Gasteiger partial charge < -0.3 is 9.47 Å². The Kier molecular flexibility index (Phi) is 5.83. The largest absolute Gasteiger partial charge is 0.483 e. The summed E-state index contributed by atoms with van der Waals surface area (Å²) in [5, 5.41) is 0. The van der Waals surface area contributed by atoms with Gasteiger partial charge in [-0.3, -0.25) is 0 Å². The van der Waals surface area contributed by atoms with Crippen LogP contribution in [-0.4, -0.2) is 44.3 Å². The van der Waals surface area contributed by atoms with Crippen LogP contribution < -0.4 is 0 Å². The normalized spacial score (nSPS) is 23.4. The molecule has 0 radical (unpaired) electrons. The molecule has 7 heteroatoms. The lowest BCUT2D eigenvalue weighted by Crippen LogP contribution is -2.37. The third-order valence-corrected chi connectivity index (χ3v) is 3.08. The van der Waals surface area contributed by atoms with Crippen molar-refractivity contribution in [2.45, 2.75) is 51.4 Å². The molecular weight excluding hydrogens is 273 g/mol. The van der Waals surface area contributed by atoms with Crippen molar-refractivity contribution >= 4 is 11.8 Å². The van der Waals surface area contributed by atoms with E-state index in [9.17, 15) is 13.2 Å². The van der Waals surface area contributed by atoms with Crippen molar-refractivity contribution in [2.75, 3.05) is 14.2 Å². The molecule has 0 amide bonds. The van der Waals surface area contributed by atoms with Gasteiger partial charge in [0.25, 0.3) is 0 Å². The quantitative estimate of drug-likeness (QED) is 0.799. The third-order valence-electron chi connectivity index (χ3n) is 3.08. The molecule has 1 aliphatic rings. The average molecular weight is 294 g/mol. The Balaban J connectivity index is 2.74. The van der Waals surface area contributed by atoms with E-state index in [0.717, 1.165) is 0 Å². The predicted octanol–water partition coefficient (Wildman–Crippen LogP) is 3.22. The van der Waals surface area contributed by atoms with E-state index in [4.69, 9.17) is 9.47 Å². The molecule has 0 unspecified atom stereocenters. The van der Waals surface area contributed by atoms with Gasteiger partial charge in [0.1, 0.15) is 12.1 Å². The van der Waals surface area contributed by atoms with Crippen LogP contribution in [0.2, 0.25) is 0 Å². The van der Waals surface area contributed by atoms with E-state index in [-0.39, 0.29) is 24.8 Å². The van der Waals surface area contributed by atoms with Crippen molar-refractivity contribution in [2.24, 2.45) is 15.9 Å². The summed E-state index contributed by atoms with van der Waals surface area (Å²) in [5.74, 6) is 1.01. The fraction of sp³-hybridized carbons (Fsp3) is 0.846. The maximum absolute atomic E-state index is 12.2. The molecule has 1 heterocycles. The van der Waals surface area contributed by atoms with Crippen LogP contribution in [0, 0.1) is 5.92 Å². The van der Waals surface area contributed by atoms with Gasteiger partial charge in [0.2, 0.25) is 11.8 Å². The van der Waals surface area contributed by atoms with Crippen molar-refractivity contribution in [3.05, 3.63) is 0 Å². The van der Waals surface area contributed by atoms with Gasteiger partial charge in [-0.2, -0.15) is 13.2 Å². The highest BCUT2D eigenvalue weighted by Crippen LogP contribution is 2.25. The van der Waals surface area contributed by atoms with Gasteiger partial charge in [0.05, 0.1) is 14.2 Å². The van der Waals surface area contributed by atoms with Crippen LogP contribution in [0.15, 0.2) is 9.98 Å². The zero-order valence-electron chi connectivity index (χ0n) is 12.2. The van der Waals surface area contributed by atoms with E-state index >= 15 is 0 Å². The van der Waals surface area contributed by atoms with Crippen molar-refractivity contribution in [3.8, 4) is 0 Å². The van der Waals surface area contributed by atoms with Crippen LogP contribution >= 0.6 is 0 Å². The lowest BCUT2D eigenvalue weighted by molar-refractivity contribution is -0.135. The molecule has 0 fully saturated rings. The first-order valence-electron chi connectivity index (χ1n) is 6.58. The number of hydrogen-bond donors (Lipinski definition) is 0. The van der Waals surface area contributed by atoms with Gasteiger partial charge in [-0.1, -0.05) is 13.8 Å².